The van der Waals surface area contributed by atoms with Crippen LogP contribution >= 0.6 is 0 Å². The van der Waals surface area contributed by atoms with Gasteiger partial charge in [-0.05, 0) is 29.8 Å². The number of methoxy groups -OCH3 is 1. The van der Waals surface area contributed by atoms with Crippen LogP contribution in [0.25, 0.3) is 11.6 Å². The van der Waals surface area contributed by atoms with Gasteiger partial charge in [0.2, 0.25) is 0 Å². The number of carboxylic acids is 1. The normalized spacial score (nSPS) is 11.2. The molecule has 0 bridgehead atoms. The summed E-state index contributed by atoms with van der Waals surface area (Å²) >= 11 is 0. The van der Waals surface area contributed by atoms with Crippen LogP contribution in [-0.4, -0.2) is 18.2 Å². The highest BCUT2D eigenvalue weighted by atomic mass is 19.1. The van der Waals surface area contributed by atoms with Crippen LogP contribution in [0.5, 0.6) is 5.75 Å². The van der Waals surface area contributed by atoms with Crippen molar-refractivity contribution in [3.8, 4) is 5.75 Å². The minimum absolute atomic E-state index is 0.0582. The Labute approximate surface area is 115 Å². The minimum atomic E-state index is -1.18. The molecule has 0 amide bonds. The number of benzene rings is 2. The number of rotatable bonds is 4. The van der Waals surface area contributed by atoms with E-state index in [9.17, 15) is 14.3 Å². The summed E-state index contributed by atoms with van der Waals surface area (Å²) in [6, 6.07) is 12.7. The van der Waals surface area contributed by atoms with Gasteiger partial charge in [-0.3, -0.25) is 0 Å². The molecule has 3 nitrogen and oxygen atoms in total. The zero-order valence-electron chi connectivity index (χ0n) is 10.8. The highest BCUT2D eigenvalue weighted by molar-refractivity contribution is 6.20. The van der Waals surface area contributed by atoms with Crippen LogP contribution in [0.15, 0.2) is 48.5 Å². The molecular formula is C16H13FO3. The molecule has 0 aromatic heterocycles. The fourth-order valence-corrected chi connectivity index (χ4v) is 1.83. The lowest BCUT2D eigenvalue weighted by Gasteiger charge is -2.05. The Morgan fingerprint density at radius 3 is 2.60 bits per heavy atom. The molecule has 0 unspecified atom stereocenters. The van der Waals surface area contributed by atoms with Crippen molar-refractivity contribution in [1.29, 1.82) is 0 Å². The first-order valence-electron chi connectivity index (χ1n) is 5.96. The van der Waals surface area contributed by atoms with Gasteiger partial charge in [-0.1, -0.05) is 30.3 Å². The molecule has 0 saturated heterocycles. The molecule has 20 heavy (non-hydrogen) atoms. The number of hydrogen-bond acceptors (Lipinski definition) is 2. The fraction of sp³-hybridized carbons (Fsp3) is 0.0625. The molecule has 2 rings (SSSR count). The Bertz CT molecular complexity index is 662. The SMILES string of the molecule is COc1cccc(C=C(C(=O)O)c2ccccc2F)c1. The molecule has 0 atom stereocenters. The number of hydrogen-bond donors (Lipinski definition) is 1. The van der Waals surface area contributed by atoms with Crippen molar-refractivity contribution in [2.45, 2.75) is 0 Å². The average Bonchev–Trinajstić information content (AvgIpc) is 2.45. The van der Waals surface area contributed by atoms with Crippen molar-refractivity contribution < 1.29 is 19.0 Å². The zero-order valence-corrected chi connectivity index (χ0v) is 10.8. The monoisotopic (exact) mass is 272 g/mol. The third-order valence-corrected chi connectivity index (χ3v) is 2.80. The second-order valence-corrected chi connectivity index (χ2v) is 4.12. The average molecular weight is 272 g/mol. The topological polar surface area (TPSA) is 46.5 Å². The van der Waals surface area contributed by atoms with Gasteiger partial charge in [0.1, 0.15) is 11.6 Å². The van der Waals surface area contributed by atoms with E-state index in [0.29, 0.717) is 11.3 Å². The van der Waals surface area contributed by atoms with Crippen LogP contribution in [0.3, 0.4) is 0 Å². The summed E-state index contributed by atoms with van der Waals surface area (Å²) in [5.41, 5.74) is 0.587. The summed E-state index contributed by atoms with van der Waals surface area (Å²) in [4.78, 5) is 11.3. The lowest BCUT2D eigenvalue weighted by Crippen LogP contribution is -2.01. The summed E-state index contributed by atoms with van der Waals surface area (Å²) in [5, 5.41) is 9.27. The summed E-state index contributed by atoms with van der Waals surface area (Å²) in [6.07, 6.45) is 1.42. The van der Waals surface area contributed by atoms with Crippen LogP contribution in [0.4, 0.5) is 4.39 Å². The predicted molar refractivity (Wildman–Crippen MR) is 74.9 cm³/mol. The van der Waals surface area contributed by atoms with Gasteiger partial charge >= 0.3 is 5.97 Å². The van der Waals surface area contributed by atoms with Gasteiger partial charge in [-0.2, -0.15) is 0 Å². The maximum atomic E-state index is 13.7. The van der Waals surface area contributed by atoms with E-state index in [4.69, 9.17) is 4.74 Å². The minimum Gasteiger partial charge on any atom is -0.497 e. The van der Waals surface area contributed by atoms with Crippen molar-refractivity contribution >= 4 is 17.6 Å². The van der Waals surface area contributed by atoms with Gasteiger partial charge in [0.05, 0.1) is 12.7 Å². The molecule has 0 heterocycles. The molecule has 1 N–H and O–H groups in total. The number of aliphatic carboxylic acids is 1. The van der Waals surface area contributed by atoms with Crippen LogP contribution < -0.4 is 4.74 Å². The number of ether oxygens (including phenoxy) is 1. The van der Waals surface area contributed by atoms with E-state index < -0.39 is 11.8 Å². The Hall–Kier alpha value is -2.62. The van der Waals surface area contributed by atoms with Gasteiger partial charge in [0, 0.05) is 5.56 Å². The molecule has 0 aliphatic heterocycles. The number of carboxylic acid groups (broad SMARTS) is 1. The zero-order chi connectivity index (χ0) is 14.5. The quantitative estimate of drug-likeness (QED) is 0.685. The molecule has 2 aromatic carbocycles. The number of halogens is 1. The highest BCUT2D eigenvalue weighted by Gasteiger charge is 2.14. The van der Waals surface area contributed by atoms with Crippen molar-refractivity contribution in [2.24, 2.45) is 0 Å². The Balaban J connectivity index is 2.51. The summed E-state index contributed by atoms with van der Waals surface area (Å²) in [5.74, 6) is -1.14. The van der Waals surface area contributed by atoms with Gasteiger partial charge in [0.15, 0.2) is 0 Å². The second-order valence-electron chi connectivity index (χ2n) is 4.12. The van der Waals surface area contributed by atoms with Crippen molar-refractivity contribution in [2.75, 3.05) is 7.11 Å². The Morgan fingerprint density at radius 2 is 1.95 bits per heavy atom. The molecule has 4 heteroatoms. The van der Waals surface area contributed by atoms with Crippen LogP contribution in [0.1, 0.15) is 11.1 Å². The number of carbonyl (C=O) groups is 1. The highest BCUT2D eigenvalue weighted by Crippen LogP contribution is 2.23. The molecule has 2 aromatic rings. The second kappa shape index (κ2) is 6.02. The van der Waals surface area contributed by atoms with Crippen LogP contribution in [-0.2, 0) is 4.79 Å². The lowest BCUT2D eigenvalue weighted by molar-refractivity contribution is -0.130. The first-order valence-corrected chi connectivity index (χ1v) is 5.96. The van der Waals surface area contributed by atoms with E-state index in [1.165, 1.54) is 31.4 Å². The van der Waals surface area contributed by atoms with Crippen molar-refractivity contribution in [3.63, 3.8) is 0 Å². The largest absolute Gasteiger partial charge is 0.497 e. The maximum absolute atomic E-state index is 13.7. The molecule has 102 valence electrons. The van der Waals surface area contributed by atoms with Gasteiger partial charge in [-0.25, -0.2) is 9.18 Å². The van der Waals surface area contributed by atoms with E-state index in [1.54, 1.807) is 30.3 Å². The Kier molecular flexibility index (Phi) is 4.15. The molecule has 0 radical (unpaired) electrons. The van der Waals surface area contributed by atoms with E-state index >= 15 is 0 Å². The van der Waals surface area contributed by atoms with Gasteiger partial charge in [-0.15, -0.1) is 0 Å². The van der Waals surface area contributed by atoms with Crippen LogP contribution in [0.2, 0.25) is 0 Å². The fourth-order valence-electron chi connectivity index (χ4n) is 1.83. The molecule has 0 aliphatic carbocycles. The van der Waals surface area contributed by atoms with E-state index in [2.05, 4.69) is 0 Å². The third-order valence-electron chi connectivity index (χ3n) is 2.80. The van der Waals surface area contributed by atoms with Gasteiger partial charge in [0.25, 0.3) is 0 Å². The van der Waals surface area contributed by atoms with E-state index in [-0.39, 0.29) is 11.1 Å². The van der Waals surface area contributed by atoms with Gasteiger partial charge < -0.3 is 9.84 Å². The molecule has 0 saturated carbocycles. The van der Waals surface area contributed by atoms with Crippen molar-refractivity contribution in [3.05, 3.63) is 65.5 Å². The summed E-state index contributed by atoms with van der Waals surface area (Å²) in [6.45, 7) is 0. The summed E-state index contributed by atoms with van der Waals surface area (Å²) < 4.78 is 18.8. The standard InChI is InChI=1S/C16H13FO3/c1-20-12-6-4-5-11(9-12)10-14(16(18)19)13-7-2-3-8-15(13)17/h2-10H,1H3,(H,18,19). The smallest absolute Gasteiger partial charge is 0.336 e. The first-order chi connectivity index (χ1) is 9.61. The first kappa shape index (κ1) is 13.8. The Morgan fingerprint density at radius 1 is 1.20 bits per heavy atom. The van der Waals surface area contributed by atoms with E-state index in [1.807, 2.05) is 0 Å². The third kappa shape index (κ3) is 3.03. The molecular weight excluding hydrogens is 259 g/mol. The van der Waals surface area contributed by atoms with E-state index in [0.717, 1.165) is 0 Å². The molecule has 0 fully saturated rings. The predicted octanol–water partition coefficient (Wildman–Crippen LogP) is 3.46. The van der Waals surface area contributed by atoms with Crippen molar-refractivity contribution in [1.82, 2.24) is 0 Å². The van der Waals surface area contributed by atoms with Crippen LogP contribution in [0, 0.1) is 5.82 Å². The molecule has 0 aliphatic rings. The maximum Gasteiger partial charge on any atom is 0.336 e. The summed E-state index contributed by atoms with van der Waals surface area (Å²) in [7, 11) is 1.53. The molecule has 0 spiro atoms. The lowest BCUT2D eigenvalue weighted by atomic mass is 10.0.